The van der Waals surface area contributed by atoms with Gasteiger partial charge < -0.3 is 0 Å². The van der Waals surface area contributed by atoms with Crippen molar-refractivity contribution in [2.24, 2.45) is 0 Å². The van der Waals surface area contributed by atoms with Crippen molar-refractivity contribution in [3.05, 3.63) is 59.2 Å². The van der Waals surface area contributed by atoms with Gasteiger partial charge in [-0.25, -0.2) is 0 Å². The van der Waals surface area contributed by atoms with Gasteiger partial charge in [0.05, 0.1) is 0 Å². The summed E-state index contributed by atoms with van der Waals surface area (Å²) in [7, 11) is 0. The molecular formula is C18H18O. The Balaban J connectivity index is 1.91. The van der Waals surface area contributed by atoms with E-state index in [1.165, 1.54) is 36.0 Å². The summed E-state index contributed by atoms with van der Waals surface area (Å²) in [6.45, 7) is 2.06. The molecule has 1 fully saturated rings. The molecule has 96 valence electrons. The van der Waals surface area contributed by atoms with Crippen LogP contribution in [0.2, 0.25) is 0 Å². The monoisotopic (exact) mass is 250 g/mol. The van der Waals surface area contributed by atoms with Gasteiger partial charge in [-0.05, 0) is 54.0 Å². The predicted octanol–water partition coefficient (Wildman–Crippen LogP) is 4.74. The maximum Gasteiger partial charge on any atom is 0.150 e. The average molecular weight is 250 g/mol. The molecule has 0 unspecified atom stereocenters. The molecule has 0 saturated heterocycles. The van der Waals surface area contributed by atoms with Crippen molar-refractivity contribution in [1.82, 2.24) is 0 Å². The molecule has 0 amide bonds. The molecule has 0 radical (unpaired) electrons. The highest BCUT2D eigenvalue weighted by molar-refractivity contribution is 5.78. The van der Waals surface area contributed by atoms with Gasteiger partial charge in [-0.2, -0.15) is 0 Å². The van der Waals surface area contributed by atoms with E-state index in [2.05, 4.69) is 31.2 Å². The molecule has 0 atom stereocenters. The van der Waals surface area contributed by atoms with E-state index in [-0.39, 0.29) is 0 Å². The lowest BCUT2D eigenvalue weighted by Crippen LogP contribution is -2.08. The molecule has 3 rings (SSSR count). The molecule has 1 aliphatic rings. The van der Waals surface area contributed by atoms with Crippen LogP contribution in [0.15, 0.2) is 42.5 Å². The Morgan fingerprint density at radius 3 is 2.32 bits per heavy atom. The first-order valence-corrected chi connectivity index (χ1v) is 6.94. The van der Waals surface area contributed by atoms with Crippen LogP contribution in [0.3, 0.4) is 0 Å². The van der Waals surface area contributed by atoms with Crippen molar-refractivity contribution in [3.8, 4) is 11.1 Å². The van der Waals surface area contributed by atoms with Gasteiger partial charge in [0.2, 0.25) is 0 Å². The maximum absolute atomic E-state index is 10.8. The quantitative estimate of drug-likeness (QED) is 0.719. The number of hydrogen-bond acceptors (Lipinski definition) is 1. The van der Waals surface area contributed by atoms with E-state index in [9.17, 15) is 4.79 Å². The van der Waals surface area contributed by atoms with Crippen LogP contribution in [0.4, 0.5) is 0 Å². The third-order valence-corrected chi connectivity index (χ3v) is 4.18. The lowest BCUT2D eigenvalue weighted by atomic mass is 9.80. The number of benzene rings is 2. The first kappa shape index (κ1) is 12.2. The summed E-state index contributed by atoms with van der Waals surface area (Å²) < 4.78 is 0. The summed E-state index contributed by atoms with van der Waals surface area (Å²) >= 11 is 0. The molecular weight excluding hydrogens is 232 g/mol. The van der Waals surface area contributed by atoms with Gasteiger partial charge in [-0.1, -0.05) is 42.8 Å². The zero-order valence-corrected chi connectivity index (χ0v) is 11.2. The minimum absolute atomic E-state index is 0.743. The van der Waals surface area contributed by atoms with E-state index in [0.29, 0.717) is 0 Å². The second-order valence-corrected chi connectivity index (χ2v) is 5.44. The molecule has 0 N–H and O–H groups in total. The number of carbonyl (C=O) groups is 1. The SMILES string of the molecule is Cc1cc(C=O)ccc1-c1ccc(C2CCC2)cc1. The number of carbonyl (C=O) groups excluding carboxylic acids is 1. The molecule has 1 heteroatoms. The van der Waals surface area contributed by atoms with E-state index in [4.69, 9.17) is 0 Å². The van der Waals surface area contributed by atoms with Crippen molar-refractivity contribution >= 4 is 6.29 Å². The highest BCUT2D eigenvalue weighted by Crippen LogP contribution is 2.37. The zero-order valence-electron chi connectivity index (χ0n) is 11.2. The van der Waals surface area contributed by atoms with Crippen LogP contribution in [-0.2, 0) is 0 Å². The summed E-state index contributed by atoms with van der Waals surface area (Å²) in [5.41, 5.74) is 5.81. The molecule has 19 heavy (non-hydrogen) atoms. The first-order chi connectivity index (χ1) is 9.28. The van der Waals surface area contributed by atoms with Crippen molar-refractivity contribution in [3.63, 3.8) is 0 Å². The zero-order chi connectivity index (χ0) is 13.2. The topological polar surface area (TPSA) is 17.1 Å². The fraction of sp³-hybridized carbons (Fsp3) is 0.278. The summed E-state index contributed by atoms with van der Waals surface area (Å²) in [6.07, 6.45) is 4.95. The Hall–Kier alpha value is -1.89. The Bertz CT molecular complexity index is 592. The lowest BCUT2D eigenvalue weighted by molar-refractivity contribution is 0.112. The molecule has 2 aromatic rings. The number of aldehydes is 1. The molecule has 0 spiro atoms. The number of aryl methyl sites for hydroxylation is 1. The molecule has 1 nitrogen and oxygen atoms in total. The minimum atomic E-state index is 0.743. The van der Waals surface area contributed by atoms with E-state index in [1.54, 1.807) is 0 Å². The Labute approximate surface area is 114 Å². The average Bonchev–Trinajstić information content (AvgIpc) is 2.38. The van der Waals surface area contributed by atoms with Crippen molar-refractivity contribution in [1.29, 1.82) is 0 Å². The van der Waals surface area contributed by atoms with Gasteiger partial charge in [0.1, 0.15) is 6.29 Å². The Morgan fingerprint density at radius 2 is 1.79 bits per heavy atom. The summed E-state index contributed by atoms with van der Waals surface area (Å²) in [5.74, 6) is 0.785. The Morgan fingerprint density at radius 1 is 1.05 bits per heavy atom. The molecule has 1 saturated carbocycles. The van der Waals surface area contributed by atoms with Gasteiger partial charge in [0.25, 0.3) is 0 Å². The van der Waals surface area contributed by atoms with Gasteiger partial charge in [0.15, 0.2) is 0 Å². The van der Waals surface area contributed by atoms with Crippen LogP contribution in [-0.4, -0.2) is 6.29 Å². The summed E-state index contributed by atoms with van der Waals surface area (Å²) in [4.78, 5) is 10.8. The molecule has 0 bridgehead atoms. The normalized spacial score (nSPS) is 15.0. The summed E-state index contributed by atoms with van der Waals surface area (Å²) in [5, 5.41) is 0. The highest BCUT2D eigenvalue weighted by atomic mass is 16.1. The highest BCUT2D eigenvalue weighted by Gasteiger charge is 2.19. The molecule has 2 aromatic carbocycles. The van der Waals surface area contributed by atoms with E-state index in [1.807, 2.05) is 18.2 Å². The molecule has 0 aliphatic heterocycles. The largest absolute Gasteiger partial charge is 0.298 e. The smallest absolute Gasteiger partial charge is 0.150 e. The minimum Gasteiger partial charge on any atom is -0.298 e. The fourth-order valence-electron chi connectivity index (χ4n) is 2.76. The number of hydrogen-bond donors (Lipinski definition) is 0. The summed E-state index contributed by atoms with van der Waals surface area (Å²) in [6, 6.07) is 14.8. The van der Waals surface area contributed by atoms with Crippen LogP contribution >= 0.6 is 0 Å². The van der Waals surface area contributed by atoms with Crippen molar-refractivity contribution in [2.75, 3.05) is 0 Å². The van der Waals surface area contributed by atoms with Crippen LogP contribution in [0, 0.1) is 6.92 Å². The molecule has 0 heterocycles. The van der Waals surface area contributed by atoms with Gasteiger partial charge >= 0.3 is 0 Å². The van der Waals surface area contributed by atoms with Crippen molar-refractivity contribution < 1.29 is 4.79 Å². The van der Waals surface area contributed by atoms with Gasteiger partial charge in [-0.3, -0.25) is 4.79 Å². The van der Waals surface area contributed by atoms with Gasteiger partial charge in [0, 0.05) is 5.56 Å². The standard InChI is InChI=1S/C18H18O/c1-13-11-14(12-19)5-10-18(13)17-8-6-16(7-9-17)15-3-2-4-15/h5-12,15H,2-4H2,1H3. The molecule has 1 aliphatic carbocycles. The molecule has 0 aromatic heterocycles. The third-order valence-electron chi connectivity index (χ3n) is 4.18. The van der Waals surface area contributed by atoms with E-state index >= 15 is 0 Å². The van der Waals surface area contributed by atoms with E-state index < -0.39 is 0 Å². The van der Waals surface area contributed by atoms with Crippen LogP contribution in [0.5, 0.6) is 0 Å². The van der Waals surface area contributed by atoms with E-state index in [0.717, 1.165) is 23.3 Å². The van der Waals surface area contributed by atoms with Crippen LogP contribution in [0.1, 0.15) is 46.7 Å². The van der Waals surface area contributed by atoms with Crippen molar-refractivity contribution in [2.45, 2.75) is 32.1 Å². The first-order valence-electron chi connectivity index (χ1n) is 6.94. The van der Waals surface area contributed by atoms with Gasteiger partial charge in [-0.15, -0.1) is 0 Å². The predicted molar refractivity (Wildman–Crippen MR) is 78.6 cm³/mol. The van der Waals surface area contributed by atoms with Crippen LogP contribution in [0.25, 0.3) is 11.1 Å². The number of rotatable bonds is 3. The fourth-order valence-corrected chi connectivity index (χ4v) is 2.76. The second kappa shape index (κ2) is 5.00. The lowest BCUT2D eigenvalue weighted by Gasteiger charge is -2.25. The Kier molecular flexibility index (Phi) is 3.20. The van der Waals surface area contributed by atoms with Crippen LogP contribution < -0.4 is 0 Å². The second-order valence-electron chi connectivity index (χ2n) is 5.44. The maximum atomic E-state index is 10.8. The third kappa shape index (κ3) is 2.33.